The number of nitrogens with one attached hydrogen (secondary N) is 2. The van der Waals surface area contributed by atoms with E-state index in [4.69, 9.17) is 0 Å². The molecule has 0 radical (unpaired) electrons. The SMILES string of the molecule is CC(C)n1nc(CC(=O)Nc2cc(F)[nH]c(=O)c2)c(=O)c2ccc(C(F)(F)F)cc21. The number of rotatable bonds is 4. The number of alkyl halides is 3. The van der Waals surface area contributed by atoms with Gasteiger partial charge in [-0.25, -0.2) is 0 Å². The van der Waals surface area contributed by atoms with Crippen LogP contribution in [0.25, 0.3) is 10.9 Å². The summed E-state index contributed by atoms with van der Waals surface area (Å²) in [5.41, 5.74) is -2.70. The van der Waals surface area contributed by atoms with E-state index in [9.17, 15) is 31.9 Å². The molecule has 0 unspecified atom stereocenters. The number of hydrogen-bond donors (Lipinski definition) is 2. The first-order valence-electron chi connectivity index (χ1n) is 8.78. The van der Waals surface area contributed by atoms with Gasteiger partial charge in [0.15, 0.2) is 5.95 Å². The van der Waals surface area contributed by atoms with Crippen LogP contribution in [0, 0.1) is 5.95 Å². The van der Waals surface area contributed by atoms with Gasteiger partial charge in [-0.1, -0.05) is 0 Å². The van der Waals surface area contributed by atoms with Crippen molar-refractivity contribution in [2.75, 3.05) is 5.32 Å². The maximum absolute atomic E-state index is 13.2. The van der Waals surface area contributed by atoms with E-state index in [1.807, 2.05) is 4.98 Å². The third-order valence-corrected chi connectivity index (χ3v) is 4.22. The standard InChI is InChI=1S/C19H16F4N4O3/c1-9(2)27-14-5-10(19(21,22)23)3-4-12(14)18(30)13(26-27)8-17(29)24-11-6-15(20)25-16(28)7-11/h3-7,9H,8H2,1-2H3,(H2,24,25,28,29). The summed E-state index contributed by atoms with van der Waals surface area (Å²) >= 11 is 0. The zero-order valence-corrected chi connectivity index (χ0v) is 15.8. The Hall–Kier alpha value is -3.50. The second-order valence-corrected chi connectivity index (χ2v) is 6.85. The van der Waals surface area contributed by atoms with Gasteiger partial charge >= 0.3 is 6.18 Å². The number of hydrogen-bond acceptors (Lipinski definition) is 4. The van der Waals surface area contributed by atoms with E-state index >= 15 is 0 Å². The Labute approximate surface area is 166 Å². The van der Waals surface area contributed by atoms with E-state index in [2.05, 4.69) is 10.4 Å². The van der Waals surface area contributed by atoms with E-state index < -0.39 is 47.0 Å². The van der Waals surface area contributed by atoms with Gasteiger partial charge < -0.3 is 5.32 Å². The Morgan fingerprint density at radius 1 is 1.20 bits per heavy atom. The molecule has 0 fully saturated rings. The highest BCUT2D eigenvalue weighted by atomic mass is 19.4. The summed E-state index contributed by atoms with van der Waals surface area (Å²) in [6, 6.07) is 4.12. The minimum atomic E-state index is -4.59. The van der Waals surface area contributed by atoms with Crippen LogP contribution in [0.3, 0.4) is 0 Å². The van der Waals surface area contributed by atoms with Crippen molar-refractivity contribution < 1.29 is 22.4 Å². The molecule has 3 aromatic rings. The van der Waals surface area contributed by atoms with Crippen LogP contribution in [0.2, 0.25) is 0 Å². The summed E-state index contributed by atoms with van der Waals surface area (Å²) in [4.78, 5) is 38.1. The third kappa shape index (κ3) is 4.39. The molecule has 3 rings (SSSR count). The van der Waals surface area contributed by atoms with Crippen LogP contribution >= 0.6 is 0 Å². The van der Waals surface area contributed by atoms with Gasteiger partial charge in [-0.15, -0.1) is 0 Å². The highest BCUT2D eigenvalue weighted by molar-refractivity contribution is 5.92. The molecule has 2 N–H and O–H groups in total. The number of H-pyrrole nitrogens is 1. The lowest BCUT2D eigenvalue weighted by Crippen LogP contribution is -2.26. The number of amides is 1. The van der Waals surface area contributed by atoms with E-state index in [-0.39, 0.29) is 22.3 Å². The largest absolute Gasteiger partial charge is 0.416 e. The first kappa shape index (κ1) is 21.2. The first-order chi connectivity index (χ1) is 14.0. The number of nitrogens with zero attached hydrogens (tertiary/aromatic N) is 2. The third-order valence-electron chi connectivity index (χ3n) is 4.22. The van der Waals surface area contributed by atoms with Gasteiger partial charge in [-0.2, -0.15) is 22.7 Å². The number of aromatic amines is 1. The number of fused-ring (bicyclic) bond motifs is 1. The fourth-order valence-electron chi connectivity index (χ4n) is 2.92. The molecule has 0 bridgehead atoms. The monoisotopic (exact) mass is 424 g/mol. The lowest BCUT2D eigenvalue weighted by atomic mass is 10.1. The Kier molecular flexibility index (Phi) is 5.47. The summed E-state index contributed by atoms with van der Waals surface area (Å²) in [6.45, 7) is 3.33. The van der Waals surface area contributed by atoms with Gasteiger partial charge in [-0.05, 0) is 32.0 Å². The van der Waals surface area contributed by atoms with E-state index in [0.717, 1.165) is 30.3 Å². The lowest BCUT2D eigenvalue weighted by molar-refractivity contribution is -0.137. The molecule has 11 heteroatoms. The molecule has 0 aliphatic carbocycles. The number of pyridine rings is 1. The van der Waals surface area contributed by atoms with Crippen LogP contribution < -0.4 is 16.3 Å². The quantitative estimate of drug-likeness (QED) is 0.497. The van der Waals surface area contributed by atoms with Crippen molar-refractivity contribution in [3.63, 3.8) is 0 Å². The molecule has 7 nitrogen and oxygen atoms in total. The summed E-state index contributed by atoms with van der Waals surface area (Å²) in [7, 11) is 0. The number of aromatic nitrogens is 3. The van der Waals surface area contributed by atoms with Crippen molar-refractivity contribution in [1.82, 2.24) is 14.8 Å². The topological polar surface area (TPSA) is 96.8 Å². The summed E-state index contributed by atoms with van der Waals surface area (Å²) in [5.74, 6) is -1.70. The molecule has 0 saturated carbocycles. The van der Waals surface area contributed by atoms with Crippen molar-refractivity contribution >= 4 is 22.5 Å². The zero-order chi connectivity index (χ0) is 22.2. The summed E-state index contributed by atoms with van der Waals surface area (Å²) in [5, 5.41) is 6.35. The molecule has 0 atom stereocenters. The molecule has 2 heterocycles. The van der Waals surface area contributed by atoms with Crippen molar-refractivity contribution in [3.05, 3.63) is 68.1 Å². The van der Waals surface area contributed by atoms with Crippen molar-refractivity contribution in [1.29, 1.82) is 0 Å². The molecule has 0 aliphatic rings. The molecular formula is C19H16F4N4O3. The van der Waals surface area contributed by atoms with Crippen molar-refractivity contribution in [2.45, 2.75) is 32.5 Å². The maximum atomic E-state index is 13.2. The zero-order valence-electron chi connectivity index (χ0n) is 15.8. The molecule has 1 aromatic carbocycles. The molecule has 158 valence electrons. The molecular weight excluding hydrogens is 408 g/mol. The Morgan fingerprint density at radius 3 is 2.50 bits per heavy atom. The van der Waals surface area contributed by atoms with E-state index in [0.29, 0.717) is 0 Å². The van der Waals surface area contributed by atoms with Crippen LogP contribution in [0.5, 0.6) is 0 Å². The minimum Gasteiger partial charge on any atom is -0.325 e. The van der Waals surface area contributed by atoms with Crippen LogP contribution in [0.4, 0.5) is 23.2 Å². The van der Waals surface area contributed by atoms with Crippen LogP contribution in [0.15, 0.2) is 39.9 Å². The van der Waals surface area contributed by atoms with Crippen LogP contribution in [0.1, 0.15) is 31.1 Å². The number of benzene rings is 1. The minimum absolute atomic E-state index is 0.00866. The Morgan fingerprint density at radius 2 is 1.90 bits per heavy atom. The molecule has 2 aromatic heterocycles. The highest BCUT2D eigenvalue weighted by Crippen LogP contribution is 2.31. The van der Waals surface area contributed by atoms with E-state index in [1.165, 1.54) is 4.68 Å². The predicted octanol–water partition coefficient (Wildman–Crippen LogP) is 3.00. The van der Waals surface area contributed by atoms with Crippen molar-refractivity contribution in [3.8, 4) is 0 Å². The van der Waals surface area contributed by atoms with Gasteiger partial charge in [0.25, 0.3) is 5.56 Å². The predicted molar refractivity (Wildman–Crippen MR) is 101 cm³/mol. The smallest absolute Gasteiger partial charge is 0.325 e. The van der Waals surface area contributed by atoms with Gasteiger partial charge in [0.2, 0.25) is 11.3 Å². The average Bonchev–Trinajstić information content (AvgIpc) is 2.61. The average molecular weight is 424 g/mol. The Bertz CT molecular complexity index is 1250. The van der Waals surface area contributed by atoms with Gasteiger partial charge in [-0.3, -0.25) is 24.0 Å². The second kappa shape index (κ2) is 7.73. The van der Waals surface area contributed by atoms with Gasteiger partial charge in [0.1, 0.15) is 5.69 Å². The number of anilines is 1. The van der Waals surface area contributed by atoms with Crippen LogP contribution in [-0.2, 0) is 17.4 Å². The summed E-state index contributed by atoms with van der Waals surface area (Å²) < 4.78 is 53.6. The first-order valence-corrected chi connectivity index (χ1v) is 8.78. The van der Waals surface area contributed by atoms with Crippen molar-refractivity contribution in [2.24, 2.45) is 0 Å². The molecule has 0 saturated heterocycles. The van der Waals surface area contributed by atoms with Gasteiger partial charge in [0, 0.05) is 23.6 Å². The molecule has 0 aliphatic heterocycles. The fourth-order valence-corrected chi connectivity index (χ4v) is 2.92. The number of halogens is 4. The lowest BCUT2D eigenvalue weighted by Gasteiger charge is -2.16. The highest BCUT2D eigenvalue weighted by Gasteiger charge is 2.31. The maximum Gasteiger partial charge on any atom is 0.416 e. The van der Waals surface area contributed by atoms with Crippen LogP contribution in [-0.4, -0.2) is 20.7 Å². The number of carbonyl (C=O) groups is 1. The second-order valence-electron chi connectivity index (χ2n) is 6.85. The fraction of sp³-hybridized carbons (Fsp3) is 0.263. The summed E-state index contributed by atoms with van der Waals surface area (Å²) in [6.07, 6.45) is -5.11. The van der Waals surface area contributed by atoms with E-state index in [1.54, 1.807) is 13.8 Å². The molecule has 1 amide bonds. The van der Waals surface area contributed by atoms with Gasteiger partial charge in [0.05, 0.1) is 23.2 Å². The molecule has 0 spiro atoms. The number of carbonyl (C=O) groups excluding carboxylic acids is 1. The Balaban J connectivity index is 2.02. The normalized spacial score (nSPS) is 11.8. The molecule has 30 heavy (non-hydrogen) atoms.